The van der Waals surface area contributed by atoms with Gasteiger partial charge in [-0.25, -0.2) is 0 Å². The minimum absolute atomic E-state index is 0.241. The molecule has 0 fully saturated rings. The van der Waals surface area contributed by atoms with E-state index in [1.807, 2.05) is 68.4 Å². The highest BCUT2D eigenvalue weighted by Crippen LogP contribution is 2.43. The maximum absolute atomic E-state index is 13.3. The number of Topliss-reactive ketones (excluding diaryl/α,β-unsaturated/α-hetero) is 1. The fraction of sp³-hybridized carbons (Fsp3) is 0.200. The molecule has 0 bridgehead atoms. The molecular weight excluding hydrogens is 362 g/mol. The number of carbonyl (C=O) groups excluding carboxylic acids is 2. The van der Waals surface area contributed by atoms with E-state index in [9.17, 15) is 14.7 Å². The van der Waals surface area contributed by atoms with Crippen LogP contribution in [0.25, 0.3) is 0 Å². The van der Waals surface area contributed by atoms with Crippen molar-refractivity contribution in [2.45, 2.75) is 32.4 Å². The van der Waals surface area contributed by atoms with Gasteiger partial charge in [0.25, 0.3) is 5.91 Å². The first-order valence-electron chi connectivity index (χ1n) is 9.68. The number of para-hydroxylation sites is 1. The largest absolute Gasteiger partial charge is 0.375 e. The van der Waals surface area contributed by atoms with Crippen LogP contribution >= 0.6 is 0 Å². The van der Waals surface area contributed by atoms with Crippen molar-refractivity contribution in [1.29, 1.82) is 0 Å². The number of aryl methyl sites for hydroxylation is 2. The van der Waals surface area contributed by atoms with E-state index >= 15 is 0 Å². The summed E-state index contributed by atoms with van der Waals surface area (Å²) in [5.41, 5.74) is 2.68. The minimum Gasteiger partial charge on any atom is -0.375 e. The zero-order valence-corrected chi connectivity index (χ0v) is 16.6. The Morgan fingerprint density at radius 2 is 1.66 bits per heavy atom. The smallest absolute Gasteiger partial charge is 0.264 e. The van der Waals surface area contributed by atoms with Crippen molar-refractivity contribution >= 4 is 17.4 Å². The van der Waals surface area contributed by atoms with Gasteiger partial charge >= 0.3 is 0 Å². The second kappa shape index (κ2) is 7.30. The van der Waals surface area contributed by atoms with Gasteiger partial charge in [0.2, 0.25) is 0 Å². The molecule has 4 nitrogen and oxygen atoms in total. The van der Waals surface area contributed by atoms with Crippen LogP contribution in [-0.4, -0.2) is 16.8 Å². The monoisotopic (exact) mass is 385 g/mol. The normalized spacial score (nSPS) is 18.0. The van der Waals surface area contributed by atoms with E-state index in [0.717, 1.165) is 16.7 Å². The molecule has 3 aromatic carbocycles. The second-order valence-corrected chi connectivity index (χ2v) is 7.67. The number of nitrogens with zero attached hydrogens (tertiary/aromatic N) is 1. The second-order valence-electron chi connectivity index (χ2n) is 7.67. The Labute approximate surface area is 170 Å². The maximum atomic E-state index is 13.3. The lowest BCUT2D eigenvalue weighted by Crippen LogP contribution is -2.41. The molecule has 4 heteroatoms. The van der Waals surface area contributed by atoms with E-state index in [1.54, 1.807) is 23.1 Å². The van der Waals surface area contributed by atoms with E-state index < -0.39 is 11.5 Å². The summed E-state index contributed by atoms with van der Waals surface area (Å²) in [5, 5.41) is 11.4. The molecule has 146 valence electrons. The number of fused-ring (bicyclic) bond motifs is 1. The van der Waals surface area contributed by atoms with Crippen molar-refractivity contribution in [2.24, 2.45) is 0 Å². The number of amides is 1. The molecular formula is C25H23NO3. The Morgan fingerprint density at radius 1 is 0.966 bits per heavy atom. The summed E-state index contributed by atoms with van der Waals surface area (Å²) in [4.78, 5) is 27.9. The lowest BCUT2D eigenvalue weighted by molar-refractivity contribution is -0.136. The summed E-state index contributed by atoms with van der Waals surface area (Å²) in [6, 6.07) is 22.4. The molecule has 1 amide bonds. The first kappa shape index (κ1) is 19.1. The average Bonchev–Trinajstić information content (AvgIpc) is 2.91. The zero-order chi connectivity index (χ0) is 20.6. The minimum atomic E-state index is -1.86. The SMILES string of the molecule is Cc1ccc(C(=O)C[C@]2(O)C(=O)N(Cc3ccccc3)c3ccccc32)c(C)c1. The number of ketones is 1. The van der Waals surface area contributed by atoms with E-state index in [0.29, 0.717) is 23.4 Å². The van der Waals surface area contributed by atoms with E-state index in [4.69, 9.17) is 0 Å². The van der Waals surface area contributed by atoms with E-state index in [-0.39, 0.29) is 12.2 Å². The van der Waals surface area contributed by atoms with Crippen molar-refractivity contribution < 1.29 is 14.7 Å². The van der Waals surface area contributed by atoms with Gasteiger partial charge in [-0.2, -0.15) is 0 Å². The Kier molecular flexibility index (Phi) is 4.81. The van der Waals surface area contributed by atoms with Gasteiger partial charge in [0.1, 0.15) is 0 Å². The summed E-state index contributed by atoms with van der Waals surface area (Å²) in [7, 11) is 0. The number of hydrogen-bond donors (Lipinski definition) is 1. The molecule has 0 radical (unpaired) electrons. The first-order valence-corrected chi connectivity index (χ1v) is 9.68. The van der Waals surface area contributed by atoms with Crippen molar-refractivity contribution in [3.05, 3.63) is 101 Å². The van der Waals surface area contributed by atoms with Gasteiger partial charge in [0.05, 0.1) is 18.7 Å². The van der Waals surface area contributed by atoms with Crippen LogP contribution in [0, 0.1) is 13.8 Å². The van der Waals surface area contributed by atoms with Crippen LogP contribution in [0.15, 0.2) is 72.8 Å². The summed E-state index contributed by atoms with van der Waals surface area (Å²) < 4.78 is 0. The fourth-order valence-electron chi connectivity index (χ4n) is 4.05. The van der Waals surface area contributed by atoms with Crippen molar-refractivity contribution in [1.82, 2.24) is 0 Å². The van der Waals surface area contributed by atoms with Crippen LogP contribution in [0.1, 0.15) is 39.0 Å². The molecule has 1 aliphatic rings. The number of hydrogen-bond acceptors (Lipinski definition) is 3. The third-order valence-corrected chi connectivity index (χ3v) is 5.52. The highest BCUT2D eigenvalue weighted by molar-refractivity contribution is 6.11. The number of carbonyl (C=O) groups is 2. The van der Waals surface area contributed by atoms with E-state index in [1.165, 1.54) is 0 Å². The zero-order valence-electron chi connectivity index (χ0n) is 16.6. The van der Waals surface area contributed by atoms with Gasteiger partial charge < -0.3 is 10.0 Å². The number of benzene rings is 3. The van der Waals surface area contributed by atoms with Gasteiger partial charge in [0, 0.05) is 11.1 Å². The van der Waals surface area contributed by atoms with Crippen LogP contribution < -0.4 is 4.90 Å². The molecule has 0 unspecified atom stereocenters. The van der Waals surface area contributed by atoms with Gasteiger partial charge in [0.15, 0.2) is 11.4 Å². The summed E-state index contributed by atoms with van der Waals surface area (Å²) in [6.45, 7) is 4.18. The van der Waals surface area contributed by atoms with Crippen LogP contribution in [0.4, 0.5) is 5.69 Å². The number of rotatable bonds is 5. The van der Waals surface area contributed by atoms with Gasteiger partial charge in [-0.05, 0) is 31.0 Å². The molecule has 0 saturated carbocycles. The fourth-order valence-corrected chi connectivity index (χ4v) is 4.05. The Morgan fingerprint density at radius 3 is 2.38 bits per heavy atom. The molecule has 4 rings (SSSR count). The average molecular weight is 385 g/mol. The van der Waals surface area contributed by atoms with Crippen LogP contribution in [0.5, 0.6) is 0 Å². The van der Waals surface area contributed by atoms with Crippen LogP contribution in [-0.2, 0) is 16.9 Å². The lowest BCUT2D eigenvalue weighted by Gasteiger charge is -2.23. The third-order valence-electron chi connectivity index (χ3n) is 5.52. The topological polar surface area (TPSA) is 57.6 Å². The van der Waals surface area contributed by atoms with Crippen LogP contribution in [0.2, 0.25) is 0 Å². The van der Waals surface area contributed by atoms with Crippen LogP contribution in [0.3, 0.4) is 0 Å². The number of aliphatic hydroxyl groups is 1. The molecule has 1 aliphatic heterocycles. The molecule has 3 aromatic rings. The summed E-state index contributed by atoms with van der Waals surface area (Å²) >= 11 is 0. The Bertz CT molecular complexity index is 1090. The Balaban J connectivity index is 1.69. The molecule has 0 aromatic heterocycles. The quantitative estimate of drug-likeness (QED) is 0.666. The molecule has 1 heterocycles. The molecule has 1 atom stereocenters. The summed E-state index contributed by atoms with van der Waals surface area (Å²) in [6.07, 6.45) is -0.280. The predicted octanol–water partition coefficient (Wildman–Crippen LogP) is 4.31. The lowest BCUT2D eigenvalue weighted by atomic mass is 9.87. The predicted molar refractivity (Wildman–Crippen MR) is 113 cm³/mol. The van der Waals surface area contributed by atoms with Crippen molar-refractivity contribution in [3.63, 3.8) is 0 Å². The van der Waals surface area contributed by atoms with E-state index in [2.05, 4.69) is 0 Å². The number of anilines is 1. The maximum Gasteiger partial charge on any atom is 0.264 e. The molecule has 29 heavy (non-hydrogen) atoms. The highest BCUT2D eigenvalue weighted by atomic mass is 16.3. The molecule has 0 spiro atoms. The first-order chi connectivity index (χ1) is 13.9. The molecule has 0 saturated heterocycles. The Hall–Kier alpha value is -3.24. The van der Waals surface area contributed by atoms with Gasteiger partial charge in [-0.3, -0.25) is 9.59 Å². The highest BCUT2D eigenvalue weighted by Gasteiger charge is 2.50. The summed E-state index contributed by atoms with van der Waals surface area (Å²) in [5.74, 6) is -0.699. The molecule has 0 aliphatic carbocycles. The standard InChI is InChI=1S/C25H23NO3/c1-17-12-13-20(18(2)14-17)23(27)15-25(29)21-10-6-7-11-22(21)26(24(25)28)16-19-8-4-3-5-9-19/h3-14,29H,15-16H2,1-2H3/t25-/m1/s1. The van der Waals surface area contributed by atoms with Gasteiger partial charge in [-0.1, -0.05) is 72.3 Å². The van der Waals surface area contributed by atoms with Crippen molar-refractivity contribution in [2.75, 3.05) is 4.90 Å². The third kappa shape index (κ3) is 3.36. The molecule has 1 N–H and O–H groups in total. The van der Waals surface area contributed by atoms with Crippen molar-refractivity contribution in [3.8, 4) is 0 Å². The van der Waals surface area contributed by atoms with Gasteiger partial charge in [-0.15, -0.1) is 0 Å².